The summed E-state index contributed by atoms with van der Waals surface area (Å²) in [6.45, 7) is 8.36. The summed E-state index contributed by atoms with van der Waals surface area (Å²) in [5.74, 6) is 1.71. The minimum Gasteiger partial charge on any atom is -0.493 e. The van der Waals surface area contributed by atoms with Crippen LogP contribution in [0.1, 0.15) is 19.4 Å². The van der Waals surface area contributed by atoms with E-state index in [0.29, 0.717) is 41.7 Å². The van der Waals surface area contributed by atoms with Crippen LogP contribution in [-0.2, 0) is 11.3 Å². The Bertz CT molecular complexity index is 1020. The zero-order valence-corrected chi connectivity index (χ0v) is 18.9. The van der Waals surface area contributed by atoms with Crippen molar-refractivity contribution in [2.45, 2.75) is 20.4 Å². The van der Waals surface area contributed by atoms with Crippen LogP contribution in [0, 0.1) is 5.41 Å². The summed E-state index contributed by atoms with van der Waals surface area (Å²) in [6, 6.07) is 10.3. The second-order valence-corrected chi connectivity index (χ2v) is 8.06. The van der Waals surface area contributed by atoms with Crippen molar-refractivity contribution in [2.75, 3.05) is 37.6 Å². The van der Waals surface area contributed by atoms with Crippen molar-refractivity contribution in [1.82, 2.24) is 5.32 Å². The Morgan fingerprint density at radius 3 is 2.62 bits per heavy atom. The van der Waals surface area contributed by atoms with Crippen molar-refractivity contribution in [3.8, 4) is 17.2 Å². The predicted octanol–water partition coefficient (Wildman–Crippen LogP) is 3.96. The molecule has 0 aromatic heterocycles. The number of benzene rings is 2. The Kier molecular flexibility index (Phi) is 6.92. The highest BCUT2D eigenvalue weighted by atomic mass is 16.5. The average Bonchev–Trinajstić information content (AvgIpc) is 2.87. The fourth-order valence-corrected chi connectivity index (χ4v) is 3.38. The molecule has 0 fully saturated rings. The molecule has 0 atom stereocenters. The highest BCUT2D eigenvalue weighted by Gasteiger charge is 2.37. The molecule has 0 aliphatic carbocycles. The van der Waals surface area contributed by atoms with Gasteiger partial charge < -0.3 is 29.7 Å². The molecule has 8 nitrogen and oxygen atoms in total. The highest BCUT2D eigenvalue weighted by molar-refractivity contribution is 6.00. The van der Waals surface area contributed by atoms with Gasteiger partial charge in [0.2, 0.25) is 5.91 Å². The van der Waals surface area contributed by atoms with Crippen molar-refractivity contribution in [3.63, 3.8) is 0 Å². The number of rotatable bonds is 7. The minimum absolute atomic E-state index is 0.0375. The van der Waals surface area contributed by atoms with Gasteiger partial charge in [0.1, 0.15) is 12.4 Å². The third kappa shape index (κ3) is 4.96. The van der Waals surface area contributed by atoms with E-state index in [2.05, 4.69) is 17.2 Å². The van der Waals surface area contributed by atoms with Crippen molar-refractivity contribution < 1.29 is 23.8 Å². The van der Waals surface area contributed by atoms with E-state index in [4.69, 9.17) is 14.2 Å². The number of ether oxygens (including phenoxy) is 3. The molecule has 1 aliphatic heterocycles. The first-order valence-corrected chi connectivity index (χ1v) is 10.2. The van der Waals surface area contributed by atoms with E-state index in [-0.39, 0.29) is 18.5 Å². The van der Waals surface area contributed by atoms with Gasteiger partial charge in [0.25, 0.3) is 0 Å². The second-order valence-electron chi connectivity index (χ2n) is 8.06. The van der Waals surface area contributed by atoms with E-state index in [9.17, 15) is 9.59 Å². The van der Waals surface area contributed by atoms with Crippen LogP contribution < -0.4 is 29.7 Å². The maximum absolute atomic E-state index is 12.9. The summed E-state index contributed by atoms with van der Waals surface area (Å²) in [4.78, 5) is 27.0. The van der Waals surface area contributed by atoms with E-state index in [0.717, 1.165) is 5.56 Å². The van der Waals surface area contributed by atoms with Gasteiger partial charge >= 0.3 is 6.03 Å². The monoisotopic (exact) mass is 439 g/mol. The SMILES string of the molecule is C=CCN1C(=O)C(C)(C)COc2cc(NC(=O)NCc3ccc(OC)c(OC)c3)ccc21. The van der Waals surface area contributed by atoms with Crippen LogP contribution in [0.5, 0.6) is 17.2 Å². The lowest BCUT2D eigenvalue weighted by atomic mass is 9.93. The van der Waals surface area contributed by atoms with Crippen LogP contribution in [0.15, 0.2) is 49.1 Å². The Morgan fingerprint density at radius 2 is 1.94 bits per heavy atom. The van der Waals surface area contributed by atoms with Gasteiger partial charge in [-0.25, -0.2) is 4.79 Å². The number of hydrogen-bond acceptors (Lipinski definition) is 5. The first kappa shape index (κ1) is 23.0. The van der Waals surface area contributed by atoms with E-state index in [1.165, 1.54) is 0 Å². The molecule has 2 aromatic rings. The Labute approximate surface area is 188 Å². The lowest BCUT2D eigenvalue weighted by Crippen LogP contribution is -2.42. The number of urea groups is 1. The van der Waals surface area contributed by atoms with Crippen molar-refractivity contribution in [2.24, 2.45) is 5.41 Å². The van der Waals surface area contributed by atoms with Gasteiger partial charge in [-0.2, -0.15) is 0 Å². The number of carbonyl (C=O) groups is 2. The summed E-state index contributed by atoms with van der Waals surface area (Å²) in [6.07, 6.45) is 1.68. The largest absolute Gasteiger partial charge is 0.493 e. The van der Waals surface area contributed by atoms with Crippen molar-refractivity contribution in [1.29, 1.82) is 0 Å². The molecule has 1 heterocycles. The first-order chi connectivity index (χ1) is 15.3. The van der Waals surface area contributed by atoms with E-state index in [1.54, 1.807) is 49.5 Å². The normalized spacial score (nSPS) is 14.5. The Hall–Kier alpha value is -3.68. The van der Waals surface area contributed by atoms with Crippen LogP contribution in [0.4, 0.5) is 16.2 Å². The number of hydrogen-bond donors (Lipinski definition) is 2. The maximum Gasteiger partial charge on any atom is 0.319 e. The van der Waals surface area contributed by atoms with Gasteiger partial charge in [0.15, 0.2) is 11.5 Å². The molecular weight excluding hydrogens is 410 g/mol. The maximum atomic E-state index is 12.9. The molecule has 0 bridgehead atoms. The quantitative estimate of drug-likeness (QED) is 0.638. The summed E-state index contributed by atoms with van der Waals surface area (Å²) in [5.41, 5.74) is 1.40. The molecule has 0 radical (unpaired) electrons. The third-order valence-corrected chi connectivity index (χ3v) is 5.13. The molecule has 3 amide bonds. The number of nitrogens with zero attached hydrogens (tertiary/aromatic N) is 1. The summed E-state index contributed by atoms with van der Waals surface area (Å²) < 4.78 is 16.4. The molecule has 8 heteroatoms. The van der Waals surface area contributed by atoms with E-state index >= 15 is 0 Å². The first-order valence-electron chi connectivity index (χ1n) is 10.2. The molecule has 0 saturated heterocycles. The van der Waals surface area contributed by atoms with Crippen LogP contribution in [0.25, 0.3) is 0 Å². The number of amides is 3. The lowest BCUT2D eigenvalue weighted by Gasteiger charge is -2.27. The fourth-order valence-electron chi connectivity index (χ4n) is 3.38. The van der Waals surface area contributed by atoms with Gasteiger partial charge in [-0.15, -0.1) is 6.58 Å². The van der Waals surface area contributed by atoms with E-state index < -0.39 is 5.41 Å². The zero-order valence-electron chi connectivity index (χ0n) is 18.9. The van der Waals surface area contributed by atoms with Gasteiger partial charge in [0, 0.05) is 24.8 Å². The summed E-state index contributed by atoms with van der Waals surface area (Å²) in [7, 11) is 3.13. The van der Waals surface area contributed by atoms with Crippen molar-refractivity contribution >= 4 is 23.3 Å². The molecule has 32 heavy (non-hydrogen) atoms. The standard InChI is InChI=1S/C24H29N3O5/c1-6-11-27-18-9-8-17(13-20(18)32-15-24(2,3)22(27)28)26-23(29)25-14-16-7-10-19(30-4)21(12-16)31-5/h6-10,12-13H,1,11,14-15H2,2-5H3,(H2,25,26,29). The molecule has 170 valence electrons. The van der Waals surface area contributed by atoms with E-state index in [1.807, 2.05) is 26.0 Å². The molecule has 0 unspecified atom stereocenters. The highest BCUT2D eigenvalue weighted by Crippen LogP contribution is 2.38. The fraction of sp³-hybridized carbons (Fsp3) is 0.333. The van der Waals surface area contributed by atoms with Crippen LogP contribution in [0.2, 0.25) is 0 Å². The Balaban J connectivity index is 1.70. The summed E-state index contributed by atoms with van der Waals surface area (Å²) in [5, 5.41) is 5.62. The van der Waals surface area contributed by atoms with Gasteiger partial charge in [-0.05, 0) is 43.7 Å². The van der Waals surface area contributed by atoms with Crippen LogP contribution in [0.3, 0.4) is 0 Å². The molecule has 1 aliphatic rings. The predicted molar refractivity (Wildman–Crippen MR) is 124 cm³/mol. The third-order valence-electron chi connectivity index (χ3n) is 5.13. The average molecular weight is 440 g/mol. The minimum atomic E-state index is -0.674. The topological polar surface area (TPSA) is 89.1 Å². The van der Waals surface area contributed by atoms with Gasteiger partial charge in [0.05, 0.1) is 25.3 Å². The Morgan fingerprint density at radius 1 is 1.19 bits per heavy atom. The molecule has 0 spiro atoms. The van der Waals surface area contributed by atoms with Crippen molar-refractivity contribution in [3.05, 3.63) is 54.6 Å². The summed E-state index contributed by atoms with van der Waals surface area (Å²) >= 11 is 0. The number of methoxy groups -OCH3 is 2. The zero-order chi connectivity index (χ0) is 23.3. The number of fused-ring (bicyclic) bond motifs is 1. The molecule has 3 rings (SSSR count). The lowest BCUT2D eigenvalue weighted by molar-refractivity contribution is -0.127. The number of nitrogens with one attached hydrogen (secondary N) is 2. The van der Waals surface area contributed by atoms with Gasteiger partial charge in [-0.1, -0.05) is 12.1 Å². The smallest absolute Gasteiger partial charge is 0.319 e. The second kappa shape index (κ2) is 9.64. The van der Waals surface area contributed by atoms with Crippen LogP contribution in [-0.4, -0.2) is 39.3 Å². The molecule has 2 N–H and O–H groups in total. The number of anilines is 2. The van der Waals surface area contributed by atoms with Gasteiger partial charge in [-0.3, -0.25) is 4.79 Å². The number of carbonyl (C=O) groups excluding carboxylic acids is 2. The van der Waals surface area contributed by atoms with Crippen LogP contribution >= 0.6 is 0 Å². The molecule has 0 saturated carbocycles. The molecular formula is C24H29N3O5. The molecule has 2 aromatic carbocycles.